The summed E-state index contributed by atoms with van der Waals surface area (Å²) in [7, 11) is -3.58. The fourth-order valence-electron chi connectivity index (χ4n) is 3.10. The van der Waals surface area contributed by atoms with Crippen LogP contribution in [0.1, 0.15) is 39.0 Å². The van der Waals surface area contributed by atoms with Crippen molar-refractivity contribution in [2.75, 3.05) is 18.8 Å². The molecule has 21 heavy (non-hydrogen) atoms. The molecule has 0 spiro atoms. The number of nitrogens with zero attached hydrogens (tertiary/aromatic N) is 1. The van der Waals surface area contributed by atoms with Crippen molar-refractivity contribution >= 4 is 27.9 Å². The fourth-order valence-corrected chi connectivity index (χ4v) is 5.95. The predicted molar refractivity (Wildman–Crippen MR) is 83.5 cm³/mol. The maximum Gasteiger partial charge on any atom is 0.307 e. The number of hydrogen-bond acceptors (Lipinski definition) is 4. The SMILES string of the molecule is CCSC1CCCC1NS(=O)(=O)N1CCCC(C(=O)O)C1. The van der Waals surface area contributed by atoms with Crippen molar-refractivity contribution in [1.29, 1.82) is 0 Å². The van der Waals surface area contributed by atoms with Gasteiger partial charge in [-0.05, 0) is 31.4 Å². The molecule has 1 saturated heterocycles. The summed E-state index contributed by atoms with van der Waals surface area (Å²) in [5, 5.41) is 9.41. The minimum Gasteiger partial charge on any atom is -0.481 e. The standard InChI is InChI=1S/C13H24N2O4S2/c1-2-20-12-7-3-6-11(12)14-21(18,19)15-8-4-5-10(9-15)13(16)17/h10-12,14H,2-9H2,1H3,(H,16,17). The highest BCUT2D eigenvalue weighted by atomic mass is 32.2. The van der Waals surface area contributed by atoms with E-state index in [0.29, 0.717) is 24.6 Å². The van der Waals surface area contributed by atoms with Gasteiger partial charge in [0.05, 0.1) is 5.92 Å². The topological polar surface area (TPSA) is 86.7 Å². The number of carboxylic acids is 1. The van der Waals surface area contributed by atoms with E-state index in [-0.39, 0.29) is 12.6 Å². The van der Waals surface area contributed by atoms with Crippen LogP contribution in [-0.4, -0.2) is 53.9 Å². The van der Waals surface area contributed by atoms with Crippen molar-refractivity contribution in [2.24, 2.45) is 5.92 Å². The van der Waals surface area contributed by atoms with E-state index in [9.17, 15) is 13.2 Å². The largest absolute Gasteiger partial charge is 0.481 e. The summed E-state index contributed by atoms with van der Waals surface area (Å²) in [5.41, 5.74) is 0. The van der Waals surface area contributed by atoms with Crippen LogP contribution >= 0.6 is 11.8 Å². The van der Waals surface area contributed by atoms with E-state index in [0.717, 1.165) is 25.0 Å². The van der Waals surface area contributed by atoms with E-state index in [4.69, 9.17) is 5.11 Å². The molecule has 2 N–H and O–H groups in total. The minimum atomic E-state index is -3.58. The van der Waals surface area contributed by atoms with Gasteiger partial charge in [0, 0.05) is 24.4 Å². The average molecular weight is 336 g/mol. The molecule has 0 radical (unpaired) electrons. The molecule has 3 unspecified atom stereocenters. The number of aliphatic carboxylic acids is 1. The third kappa shape index (κ3) is 4.34. The molecule has 1 heterocycles. The number of thioether (sulfide) groups is 1. The van der Waals surface area contributed by atoms with Crippen molar-refractivity contribution in [3.8, 4) is 0 Å². The lowest BCUT2D eigenvalue weighted by Crippen LogP contribution is -2.51. The molecule has 6 nitrogen and oxygen atoms in total. The second-order valence-electron chi connectivity index (χ2n) is 5.69. The Morgan fingerprint density at radius 3 is 2.76 bits per heavy atom. The first-order valence-corrected chi connectivity index (χ1v) is 10.0. The summed E-state index contributed by atoms with van der Waals surface area (Å²) < 4.78 is 29.1. The second kappa shape index (κ2) is 7.30. The van der Waals surface area contributed by atoms with Crippen LogP contribution in [0, 0.1) is 5.92 Å². The van der Waals surface area contributed by atoms with Crippen molar-refractivity contribution < 1.29 is 18.3 Å². The molecular formula is C13H24N2O4S2. The van der Waals surface area contributed by atoms with Gasteiger partial charge in [-0.2, -0.15) is 29.2 Å². The second-order valence-corrected chi connectivity index (χ2v) is 8.91. The van der Waals surface area contributed by atoms with Crippen LogP contribution in [0.5, 0.6) is 0 Å². The molecule has 0 amide bonds. The highest BCUT2D eigenvalue weighted by Gasteiger charge is 2.36. The third-order valence-electron chi connectivity index (χ3n) is 4.21. The van der Waals surface area contributed by atoms with Crippen LogP contribution in [0.3, 0.4) is 0 Å². The number of rotatable bonds is 6. The molecule has 8 heteroatoms. The Morgan fingerprint density at radius 2 is 2.10 bits per heavy atom. The first-order valence-electron chi connectivity index (χ1n) is 7.56. The molecule has 1 aliphatic heterocycles. The van der Waals surface area contributed by atoms with E-state index in [1.807, 2.05) is 0 Å². The van der Waals surface area contributed by atoms with E-state index in [2.05, 4.69) is 11.6 Å². The third-order valence-corrected chi connectivity index (χ3v) is 7.14. The smallest absolute Gasteiger partial charge is 0.307 e. The van der Waals surface area contributed by atoms with Crippen molar-refractivity contribution in [3.05, 3.63) is 0 Å². The van der Waals surface area contributed by atoms with Gasteiger partial charge in [0.2, 0.25) is 0 Å². The van der Waals surface area contributed by atoms with Gasteiger partial charge in [0.15, 0.2) is 0 Å². The van der Waals surface area contributed by atoms with Crippen LogP contribution < -0.4 is 4.72 Å². The Kier molecular flexibility index (Phi) is 5.93. The summed E-state index contributed by atoms with van der Waals surface area (Å²) in [4.78, 5) is 11.1. The monoisotopic (exact) mass is 336 g/mol. The van der Waals surface area contributed by atoms with Crippen LogP contribution in [0.2, 0.25) is 0 Å². The predicted octanol–water partition coefficient (Wildman–Crippen LogP) is 1.29. The lowest BCUT2D eigenvalue weighted by atomic mass is 10.0. The van der Waals surface area contributed by atoms with Crippen molar-refractivity contribution in [1.82, 2.24) is 9.03 Å². The van der Waals surface area contributed by atoms with Crippen LogP contribution in [0.25, 0.3) is 0 Å². The zero-order valence-corrected chi connectivity index (χ0v) is 14.0. The van der Waals surface area contributed by atoms with E-state index in [1.54, 1.807) is 11.8 Å². The highest BCUT2D eigenvalue weighted by Crippen LogP contribution is 2.31. The zero-order valence-electron chi connectivity index (χ0n) is 12.3. The maximum atomic E-state index is 12.5. The number of carbonyl (C=O) groups is 1. The number of hydrogen-bond donors (Lipinski definition) is 2. The van der Waals surface area contributed by atoms with Gasteiger partial charge in [0.25, 0.3) is 10.2 Å². The summed E-state index contributed by atoms with van der Waals surface area (Å²) in [5.74, 6) is -0.511. The quantitative estimate of drug-likeness (QED) is 0.763. The molecule has 122 valence electrons. The molecule has 2 fully saturated rings. The molecule has 2 aliphatic rings. The molecule has 1 saturated carbocycles. The Morgan fingerprint density at radius 1 is 1.33 bits per heavy atom. The summed E-state index contributed by atoms with van der Waals surface area (Å²) in [6, 6.07) is -0.0230. The minimum absolute atomic E-state index is 0.0230. The summed E-state index contributed by atoms with van der Waals surface area (Å²) >= 11 is 1.80. The normalized spacial score (nSPS) is 31.4. The molecule has 0 bridgehead atoms. The lowest BCUT2D eigenvalue weighted by Gasteiger charge is -2.31. The van der Waals surface area contributed by atoms with Gasteiger partial charge in [-0.1, -0.05) is 13.3 Å². The van der Waals surface area contributed by atoms with E-state index < -0.39 is 22.1 Å². The Balaban J connectivity index is 1.99. The molecule has 0 aromatic carbocycles. The van der Waals surface area contributed by atoms with Crippen LogP contribution in [-0.2, 0) is 15.0 Å². The Hall–Kier alpha value is -0.310. The highest BCUT2D eigenvalue weighted by molar-refractivity contribution is 8.00. The number of nitrogens with one attached hydrogen (secondary N) is 1. The van der Waals surface area contributed by atoms with Crippen LogP contribution in [0.15, 0.2) is 0 Å². The van der Waals surface area contributed by atoms with Gasteiger partial charge >= 0.3 is 5.97 Å². The molecule has 0 aromatic rings. The molecule has 1 aliphatic carbocycles. The van der Waals surface area contributed by atoms with Gasteiger partial charge in [-0.3, -0.25) is 4.79 Å². The van der Waals surface area contributed by atoms with Gasteiger partial charge in [-0.25, -0.2) is 0 Å². The number of carboxylic acid groups (broad SMARTS) is 1. The van der Waals surface area contributed by atoms with Gasteiger partial charge in [-0.15, -0.1) is 0 Å². The summed E-state index contributed by atoms with van der Waals surface area (Å²) in [6.07, 6.45) is 4.12. The van der Waals surface area contributed by atoms with Crippen molar-refractivity contribution in [2.45, 2.75) is 50.3 Å². The Labute approximate surface area is 130 Å². The molecular weight excluding hydrogens is 312 g/mol. The van der Waals surface area contributed by atoms with E-state index in [1.165, 1.54) is 4.31 Å². The Bertz CT molecular complexity index is 469. The molecule has 3 atom stereocenters. The zero-order chi connectivity index (χ0) is 15.5. The van der Waals surface area contributed by atoms with Gasteiger partial charge < -0.3 is 5.11 Å². The van der Waals surface area contributed by atoms with E-state index >= 15 is 0 Å². The first kappa shape index (κ1) is 17.1. The fraction of sp³-hybridized carbons (Fsp3) is 0.923. The number of piperidine rings is 1. The summed E-state index contributed by atoms with van der Waals surface area (Å²) in [6.45, 7) is 2.58. The van der Waals surface area contributed by atoms with Crippen LogP contribution in [0.4, 0.5) is 0 Å². The maximum absolute atomic E-state index is 12.5. The first-order chi connectivity index (χ1) is 9.94. The van der Waals surface area contributed by atoms with Crippen molar-refractivity contribution in [3.63, 3.8) is 0 Å². The molecule has 2 rings (SSSR count). The molecule has 0 aromatic heterocycles. The lowest BCUT2D eigenvalue weighted by molar-refractivity contribution is -0.142. The average Bonchev–Trinajstić information content (AvgIpc) is 2.86. The van der Waals surface area contributed by atoms with Gasteiger partial charge in [0.1, 0.15) is 0 Å².